The molecule has 9 nitrogen and oxygen atoms in total. The van der Waals surface area contributed by atoms with Crippen LogP contribution in [0.3, 0.4) is 0 Å². The summed E-state index contributed by atoms with van der Waals surface area (Å²) in [5, 5.41) is 10.6. The number of nitrogens with zero attached hydrogens (tertiary/aromatic N) is 2. The summed E-state index contributed by atoms with van der Waals surface area (Å²) in [5.41, 5.74) is 0.584. The van der Waals surface area contributed by atoms with Crippen LogP contribution < -0.4 is 0 Å². The van der Waals surface area contributed by atoms with Gasteiger partial charge < -0.3 is 14.4 Å². The molecule has 1 amide bonds. The molecule has 0 radical (unpaired) electrons. The van der Waals surface area contributed by atoms with E-state index in [9.17, 15) is 24.5 Å². The zero-order valence-corrected chi connectivity index (χ0v) is 16.1. The van der Waals surface area contributed by atoms with Gasteiger partial charge in [-0.3, -0.25) is 19.7 Å². The van der Waals surface area contributed by atoms with E-state index in [1.165, 1.54) is 43.1 Å². The molecule has 1 aromatic carbocycles. The van der Waals surface area contributed by atoms with Gasteiger partial charge in [0.25, 0.3) is 5.69 Å². The van der Waals surface area contributed by atoms with Gasteiger partial charge in [-0.1, -0.05) is 0 Å². The first-order chi connectivity index (χ1) is 13.4. The zero-order valence-electron chi connectivity index (χ0n) is 15.2. The third-order valence-corrected chi connectivity index (χ3v) is 6.20. The first kappa shape index (κ1) is 20.1. The molecular formula is C18H20N2O7S. The lowest BCUT2D eigenvalue weighted by molar-refractivity contribution is -0.384. The van der Waals surface area contributed by atoms with Gasteiger partial charge in [-0.25, -0.2) is 4.79 Å². The number of rotatable bonds is 8. The van der Waals surface area contributed by atoms with E-state index in [0.717, 1.165) is 0 Å². The minimum absolute atomic E-state index is 0.0282. The monoisotopic (exact) mass is 408 g/mol. The molecule has 3 atom stereocenters. The smallest absolute Gasteiger partial charge is 0.330 e. The zero-order chi connectivity index (χ0) is 20.3. The number of esters is 2. The molecule has 0 spiro atoms. The molecule has 1 unspecified atom stereocenters. The SMILES string of the molecule is COC(=O)CCS[C@@H]1CC2CC(=O)N2[C@H]1C(=O)OCc1ccc([N+](=O)[O-])cc1. The van der Waals surface area contributed by atoms with E-state index in [1.807, 2.05) is 0 Å². The van der Waals surface area contributed by atoms with Crippen molar-refractivity contribution in [3.05, 3.63) is 39.9 Å². The van der Waals surface area contributed by atoms with Gasteiger partial charge >= 0.3 is 11.9 Å². The van der Waals surface area contributed by atoms with Crippen molar-refractivity contribution in [2.75, 3.05) is 12.9 Å². The Morgan fingerprint density at radius 1 is 1.32 bits per heavy atom. The summed E-state index contributed by atoms with van der Waals surface area (Å²) >= 11 is 1.47. The predicted octanol–water partition coefficient (Wildman–Crippen LogP) is 1.68. The third-order valence-electron chi connectivity index (χ3n) is 4.88. The van der Waals surface area contributed by atoms with Crippen LogP contribution in [0.4, 0.5) is 5.69 Å². The van der Waals surface area contributed by atoms with Crippen LogP contribution >= 0.6 is 11.8 Å². The second kappa shape index (κ2) is 8.59. The van der Waals surface area contributed by atoms with Crippen molar-refractivity contribution in [3.8, 4) is 0 Å². The van der Waals surface area contributed by atoms with E-state index >= 15 is 0 Å². The highest BCUT2D eigenvalue weighted by atomic mass is 32.2. The second-order valence-electron chi connectivity index (χ2n) is 6.61. The lowest BCUT2D eigenvalue weighted by Gasteiger charge is -2.37. The van der Waals surface area contributed by atoms with Crippen LogP contribution in [0.5, 0.6) is 0 Å². The maximum atomic E-state index is 12.7. The molecule has 2 fully saturated rings. The maximum Gasteiger partial charge on any atom is 0.330 e. The number of carbonyl (C=O) groups is 3. The van der Waals surface area contributed by atoms with Crippen LogP contribution in [-0.2, 0) is 30.5 Å². The first-order valence-electron chi connectivity index (χ1n) is 8.80. The number of hydrogen-bond acceptors (Lipinski definition) is 8. The summed E-state index contributed by atoms with van der Waals surface area (Å²) in [6.07, 6.45) is 1.36. The number of methoxy groups -OCH3 is 1. The molecular weight excluding hydrogens is 388 g/mol. The highest BCUT2D eigenvalue weighted by Gasteiger charge is 2.54. The Kier molecular flexibility index (Phi) is 6.18. The van der Waals surface area contributed by atoms with Crippen molar-refractivity contribution < 1.29 is 28.8 Å². The van der Waals surface area contributed by atoms with E-state index < -0.39 is 16.9 Å². The highest BCUT2D eigenvalue weighted by Crippen LogP contribution is 2.41. The fourth-order valence-electron chi connectivity index (χ4n) is 3.43. The number of thioether (sulfide) groups is 1. The third kappa shape index (κ3) is 4.27. The van der Waals surface area contributed by atoms with Crippen molar-refractivity contribution in [2.24, 2.45) is 0 Å². The van der Waals surface area contributed by atoms with Crippen molar-refractivity contribution in [3.63, 3.8) is 0 Å². The molecule has 0 saturated carbocycles. The molecule has 28 heavy (non-hydrogen) atoms. The Morgan fingerprint density at radius 2 is 2.04 bits per heavy atom. The number of hydrogen-bond donors (Lipinski definition) is 0. The number of amides is 1. The van der Waals surface area contributed by atoms with Crippen molar-refractivity contribution in [2.45, 2.75) is 43.2 Å². The number of nitro groups is 1. The minimum atomic E-state index is -0.674. The molecule has 1 aromatic rings. The number of β-lactam (4-membered cyclic amide) rings is 1. The van der Waals surface area contributed by atoms with E-state index in [0.29, 0.717) is 24.2 Å². The van der Waals surface area contributed by atoms with Crippen LogP contribution in [0.15, 0.2) is 24.3 Å². The first-order valence-corrected chi connectivity index (χ1v) is 9.85. The van der Waals surface area contributed by atoms with Crippen LogP contribution in [0, 0.1) is 10.1 Å². The topological polar surface area (TPSA) is 116 Å². The lowest BCUT2D eigenvalue weighted by Crippen LogP contribution is -2.55. The van der Waals surface area contributed by atoms with Gasteiger partial charge in [0.2, 0.25) is 5.91 Å². The summed E-state index contributed by atoms with van der Waals surface area (Å²) in [6, 6.07) is 5.12. The van der Waals surface area contributed by atoms with Crippen LogP contribution in [0.1, 0.15) is 24.8 Å². The van der Waals surface area contributed by atoms with E-state index in [1.54, 1.807) is 4.90 Å². The van der Waals surface area contributed by atoms with Gasteiger partial charge in [0.05, 0.1) is 18.5 Å². The number of non-ortho nitro benzene ring substituents is 1. The highest BCUT2D eigenvalue weighted by molar-refractivity contribution is 8.00. The normalized spacial score (nSPS) is 23.0. The molecule has 2 aliphatic heterocycles. The Morgan fingerprint density at radius 3 is 2.64 bits per heavy atom. The number of nitro benzene ring substituents is 1. The average Bonchev–Trinajstić information content (AvgIpc) is 2.98. The summed E-state index contributed by atoms with van der Waals surface area (Å²) in [4.78, 5) is 47.7. The van der Waals surface area contributed by atoms with Gasteiger partial charge in [-0.2, -0.15) is 11.8 Å². The quantitative estimate of drug-likeness (QED) is 0.276. The average molecular weight is 408 g/mol. The number of ether oxygens (including phenoxy) is 2. The standard InChI is InChI=1S/C18H20N2O7S/c1-26-16(22)6-7-28-14-8-13-9-15(21)19(13)17(14)18(23)27-10-11-2-4-12(5-3-11)20(24)25/h2-5,13-14,17H,6-10H2,1H3/t13?,14-,17-/m1/s1. The molecule has 2 heterocycles. The maximum absolute atomic E-state index is 12.7. The van der Waals surface area contributed by atoms with Crippen LogP contribution in [-0.4, -0.2) is 57.9 Å². The van der Waals surface area contributed by atoms with E-state index in [2.05, 4.69) is 4.74 Å². The molecule has 3 rings (SSSR count). The van der Waals surface area contributed by atoms with Gasteiger partial charge in [-0.15, -0.1) is 0 Å². The molecule has 0 bridgehead atoms. The molecule has 2 saturated heterocycles. The Balaban J connectivity index is 1.59. The summed E-state index contributed by atoms with van der Waals surface area (Å²) in [5.74, 6) is -0.386. The van der Waals surface area contributed by atoms with E-state index in [4.69, 9.17) is 4.74 Å². The molecule has 0 N–H and O–H groups in total. The molecule has 2 aliphatic rings. The number of benzene rings is 1. The van der Waals surface area contributed by atoms with Gasteiger partial charge in [0.1, 0.15) is 12.6 Å². The van der Waals surface area contributed by atoms with Gasteiger partial charge in [0.15, 0.2) is 0 Å². The Bertz CT molecular complexity index is 783. The van der Waals surface area contributed by atoms with Crippen molar-refractivity contribution in [1.82, 2.24) is 4.90 Å². The molecule has 150 valence electrons. The van der Waals surface area contributed by atoms with Crippen LogP contribution in [0.25, 0.3) is 0 Å². The van der Waals surface area contributed by atoms with Crippen molar-refractivity contribution in [1.29, 1.82) is 0 Å². The predicted molar refractivity (Wildman–Crippen MR) is 99.4 cm³/mol. The Labute approximate surface area is 165 Å². The Hall–Kier alpha value is -2.62. The molecule has 0 aliphatic carbocycles. The number of carbonyl (C=O) groups excluding carboxylic acids is 3. The minimum Gasteiger partial charge on any atom is -0.469 e. The fraction of sp³-hybridized carbons (Fsp3) is 0.500. The fourth-order valence-corrected chi connectivity index (χ4v) is 4.80. The molecule has 10 heteroatoms. The van der Waals surface area contributed by atoms with Crippen molar-refractivity contribution >= 4 is 35.3 Å². The van der Waals surface area contributed by atoms with Gasteiger partial charge in [0, 0.05) is 35.6 Å². The van der Waals surface area contributed by atoms with Crippen LogP contribution in [0.2, 0.25) is 0 Å². The summed E-state index contributed by atoms with van der Waals surface area (Å²) < 4.78 is 10.0. The second-order valence-corrected chi connectivity index (χ2v) is 7.95. The summed E-state index contributed by atoms with van der Waals surface area (Å²) in [6.45, 7) is -0.0282. The number of fused-ring (bicyclic) bond motifs is 1. The van der Waals surface area contributed by atoms with E-state index in [-0.39, 0.29) is 41.9 Å². The lowest BCUT2D eigenvalue weighted by atomic mass is 10.0. The largest absolute Gasteiger partial charge is 0.469 e. The van der Waals surface area contributed by atoms with Gasteiger partial charge in [-0.05, 0) is 24.1 Å². The summed E-state index contributed by atoms with van der Waals surface area (Å²) in [7, 11) is 1.32. The molecule has 0 aromatic heterocycles.